The summed E-state index contributed by atoms with van der Waals surface area (Å²) in [5.74, 6) is 1.96. The lowest BCUT2D eigenvalue weighted by molar-refractivity contribution is -0.115. The van der Waals surface area contributed by atoms with Crippen molar-refractivity contribution in [3.63, 3.8) is 0 Å². The Hall–Kier alpha value is -2.77. The second-order valence-corrected chi connectivity index (χ2v) is 8.06. The first-order chi connectivity index (χ1) is 14.1. The van der Waals surface area contributed by atoms with Crippen LogP contribution < -0.4 is 10.1 Å². The zero-order valence-electron chi connectivity index (χ0n) is 15.5. The van der Waals surface area contributed by atoms with Crippen LogP contribution in [0, 0.1) is 0 Å². The highest BCUT2D eigenvalue weighted by Gasteiger charge is 2.24. The van der Waals surface area contributed by atoms with E-state index in [0.29, 0.717) is 22.4 Å². The molecule has 1 fully saturated rings. The van der Waals surface area contributed by atoms with Gasteiger partial charge in [-0.05, 0) is 67.2 Å². The number of amides is 1. The Balaban J connectivity index is 1.49. The summed E-state index contributed by atoms with van der Waals surface area (Å²) in [6.45, 7) is 2.55. The average Bonchev–Trinajstić information content (AvgIpc) is 3.31. The highest BCUT2D eigenvalue weighted by molar-refractivity contribution is 9.10. The van der Waals surface area contributed by atoms with Crippen molar-refractivity contribution in [3.05, 3.63) is 75.8 Å². The van der Waals surface area contributed by atoms with Gasteiger partial charge in [0, 0.05) is 16.1 Å². The van der Waals surface area contributed by atoms with Crippen LogP contribution in [0.5, 0.6) is 5.75 Å². The first-order valence-corrected chi connectivity index (χ1v) is 10.6. The number of carbonyl (C=O) groups is 1. The fourth-order valence-electron chi connectivity index (χ4n) is 2.71. The molecule has 7 heteroatoms. The van der Waals surface area contributed by atoms with Crippen LogP contribution in [0.2, 0.25) is 0 Å². The van der Waals surface area contributed by atoms with E-state index < -0.39 is 0 Å². The lowest BCUT2D eigenvalue weighted by Gasteiger charge is -2.02. The molecule has 0 atom stereocenters. The predicted molar refractivity (Wildman–Crippen MR) is 120 cm³/mol. The van der Waals surface area contributed by atoms with Crippen LogP contribution in [0.1, 0.15) is 12.7 Å². The molecule has 1 aliphatic rings. The summed E-state index contributed by atoms with van der Waals surface area (Å²) in [6, 6.07) is 19.0. The monoisotopic (exact) mass is 468 g/mol. The van der Waals surface area contributed by atoms with Gasteiger partial charge in [0.1, 0.15) is 17.3 Å². The van der Waals surface area contributed by atoms with Crippen LogP contribution in [0.4, 0.5) is 5.69 Å². The number of benzene rings is 2. The van der Waals surface area contributed by atoms with Gasteiger partial charge in [0.2, 0.25) is 0 Å². The van der Waals surface area contributed by atoms with Crippen LogP contribution in [0.3, 0.4) is 0 Å². The van der Waals surface area contributed by atoms with E-state index in [-0.39, 0.29) is 5.91 Å². The number of amidine groups is 1. The van der Waals surface area contributed by atoms with Crippen LogP contribution in [0.25, 0.3) is 17.4 Å². The number of carbonyl (C=O) groups excluding carboxylic acids is 1. The van der Waals surface area contributed by atoms with Gasteiger partial charge < -0.3 is 14.5 Å². The van der Waals surface area contributed by atoms with Crippen molar-refractivity contribution in [3.8, 4) is 17.1 Å². The van der Waals surface area contributed by atoms with Crippen molar-refractivity contribution in [2.75, 3.05) is 6.61 Å². The van der Waals surface area contributed by atoms with Gasteiger partial charge in [0.15, 0.2) is 5.17 Å². The number of nitrogens with one attached hydrogen (secondary N) is 1. The Morgan fingerprint density at radius 2 is 1.86 bits per heavy atom. The highest BCUT2D eigenvalue weighted by Crippen LogP contribution is 2.30. The summed E-state index contributed by atoms with van der Waals surface area (Å²) in [7, 11) is 0. The smallest absolute Gasteiger partial charge is 0.264 e. The van der Waals surface area contributed by atoms with E-state index in [1.807, 2.05) is 67.6 Å². The molecule has 29 heavy (non-hydrogen) atoms. The molecule has 0 radical (unpaired) electrons. The lowest BCUT2D eigenvalue weighted by Crippen LogP contribution is -2.19. The molecular formula is C22H17BrN2O3S. The molecule has 3 aromatic rings. The standard InChI is InChI=1S/C22H17BrN2O3S/c1-2-27-17-9-7-16(8-10-17)24-22-25-21(26)20(29-22)13-18-11-12-19(28-18)14-3-5-15(23)6-4-14/h3-13H,2H2,1H3,(H,24,25,26). The van der Waals surface area contributed by atoms with Gasteiger partial charge in [0.25, 0.3) is 5.91 Å². The van der Waals surface area contributed by atoms with E-state index in [9.17, 15) is 4.79 Å². The number of hydrogen-bond donors (Lipinski definition) is 1. The van der Waals surface area contributed by atoms with E-state index in [4.69, 9.17) is 9.15 Å². The summed E-state index contributed by atoms with van der Waals surface area (Å²) in [5, 5.41) is 3.32. The Morgan fingerprint density at radius 1 is 1.10 bits per heavy atom. The Kier molecular flexibility index (Phi) is 5.87. The molecule has 0 bridgehead atoms. The molecule has 2 heterocycles. The van der Waals surface area contributed by atoms with E-state index in [1.165, 1.54) is 11.8 Å². The fourth-order valence-corrected chi connectivity index (χ4v) is 3.80. The maximum Gasteiger partial charge on any atom is 0.264 e. The van der Waals surface area contributed by atoms with E-state index in [1.54, 1.807) is 6.08 Å². The van der Waals surface area contributed by atoms with Gasteiger partial charge in [-0.1, -0.05) is 28.1 Å². The number of nitrogens with zero attached hydrogens (tertiary/aromatic N) is 1. The first kappa shape index (κ1) is 19.5. The molecule has 0 saturated carbocycles. The van der Waals surface area contributed by atoms with Crippen LogP contribution in [-0.2, 0) is 4.79 Å². The minimum Gasteiger partial charge on any atom is -0.494 e. The second-order valence-electron chi connectivity index (χ2n) is 6.12. The van der Waals surface area contributed by atoms with Crippen LogP contribution >= 0.6 is 27.7 Å². The number of ether oxygens (including phenoxy) is 1. The Bertz CT molecular complexity index is 1090. The van der Waals surface area contributed by atoms with Crippen LogP contribution in [0.15, 0.2) is 79.5 Å². The quantitative estimate of drug-likeness (QED) is 0.466. The van der Waals surface area contributed by atoms with Crippen molar-refractivity contribution in [1.29, 1.82) is 0 Å². The summed E-state index contributed by atoms with van der Waals surface area (Å²) < 4.78 is 12.3. The van der Waals surface area contributed by atoms with E-state index in [2.05, 4.69) is 26.2 Å². The number of aliphatic imine (C=N–C) groups is 1. The van der Waals surface area contributed by atoms with Gasteiger partial charge in [-0.25, -0.2) is 4.99 Å². The third-order valence-corrected chi connectivity index (χ3v) is 5.50. The summed E-state index contributed by atoms with van der Waals surface area (Å²) in [4.78, 5) is 17.3. The van der Waals surface area contributed by atoms with Crippen LogP contribution in [-0.4, -0.2) is 17.7 Å². The topological polar surface area (TPSA) is 63.8 Å². The molecule has 1 aromatic heterocycles. The summed E-state index contributed by atoms with van der Waals surface area (Å²) in [5.41, 5.74) is 1.71. The highest BCUT2D eigenvalue weighted by atomic mass is 79.9. The third-order valence-electron chi connectivity index (χ3n) is 4.06. The maximum atomic E-state index is 12.3. The molecule has 5 nitrogen and oxygen atoms in total. The van der Waals surface area contributed by atoms with Gasteiger partial charge in [-0.2, -0.15) is 0 Å². The second kappa shape index (κ2) is 8.71. The number of rotatable bonds is 5. The molecule has 146 valence electrons. The zero-order valence-corrected chi connectivity index (χ0v) is 17.9. The molecule has 0 unspecified atom stereocenters. The van der Waals surface area contributed by atoms with Crippen molar-refractivity contribution in [2.45, 2.75) is 6.92 Å². The molecule has 1 saturated heterocycles. The van der Waals surface area contributed by atoms with Crippen molar-refractivity contribution < 1.29 is 13.9 Å². The number of furan rings is 1. The first-order valence-electron chi connectivity index (χ1n) is 8.99. The van der Waals surface area contributed by atoms with Gasteiger partial charge in [0.05, 0.1) is 17.2 Å². The largest absolute Gasteiger partial charge is 0.494 e. The number of hydrogen-bond acceptors (Lipinski definition) is 5. The summed E-state index contributed by atoms with van der Waals surface area (Å²) >= 11 is 4.71. The van der Waals surface area contributed by atoms with Crippen molar-refractivity contribution in [2.24, 2.45) is 4.99 Å². The van der Waals surface area contributed by atoms with Gasteiger partial charge in [-0.15, -0.1) is 0 Å². The normalized spacial score (nSPS) is 16.4. The minimum absolute atomic E-state index is 0.193. The maximum absolute atomic E-state index is 12.3. The Labute approximate surface area is 181 Å². The number of thioether (sulfide) groups is 1. The molecule has 1 aliphatic heterocycles. The Morgan fingerprint density at radius 3 is 2.59 bits per heavy atom. The molecule has 4 rings (SSSR count). The lowest BCUT2D eigenvalue weighted by atomic mass is 10.2. The molecule has 1 amide bonds. The van der Waals surface area contributed by atoms with E-state index in [0.717, 1.165) is 27.2 Å². The number of halogens is 1. The van der Waals surface area contributed by atoms with Gasteiger partial charge >= 0.3 is 0 Å². The van der Waals surface area contributed by atoms with E-state index >= 15 is 0 Å². The van der Waals surface area contributed by atoms with Crippen molar-refractivity contribution in [1.82, 2.24) is 5.32 Å². The molecular weight excluding hydrogens is 452 g/mol. The van der Waals surface area contributed by atoms with Gasteiger partial charge in [-0.3, -0.25) is 4.79 Å². The molecule has 2 aromatic carbocycles. The van der Waals surface area contributed by atoms with Crippen molar-refractivity contribution >= 4 is 50.5 Å². The molecule has 0 aliphatic carbocycles. The average molecular weight is 469 g/mol. The predicted octanol–water partition coefficient (Wildman–Crippen LogP) is 6.00. The summed E-state index contributed by atoms with van der Waals surface area (Å²) in [6.07, 6.45) is 1.73. The molecule has 1 N–H and O–H groups in total. The third kappa shape index (κ3) is 4.81. The minimum atomic E-state index is -0.193. The molecule has 0 spiro atoms. The fraction of sp³-hybridized carbons (Fsp3) is 0.0909. The SMILES string of the molecule is CCOc1ccc(N=C2NC(=O)C(=Cc3ccc(-c4ccc(Br)cc4)o3)S2)cc1. The zero-order chi connectivity index (χ0) is 20.2.